The van der Waals surface area contributed by atoms with Gasteiger partial charge in [0, 0.05) is 19.0 Å². The number of carbonyl (C=O) groups excluding carboxylic acids is 2. The van der Waals surface area contributed by atoms with Crippen LogP contribution in [0.3, 0.4) is 0 Å². The lowest BCUT2D eigenvalue weighted by molar-refractivity contribution is -0.151. The predicted molar refractivity (Wildman–Crippen MR) is 65.9 cm³/mol. The molecule has 0 aromatic carbocycles. The maximum Gasteiger partial charge on any atom is 0.306 e. The van der Waals surface area contributed by atoms with E-state index in [2.05, 4.69) is 0 Å². The molecule has 1 atom stereocenters. The van der Waals surface area contributed by atoms with Crippen LogP contribution in [0.4, 0.5) is 0 Å². The highest BCUT2D eigenvalue weighted by atomic mass is 32.2. The Morgan fingerprint density at radius 2 is 2.17 bits per heavy atom. The molecule has 0 saturated carbocycles. The van der Waals surface area contributed by atoms with Crippen LogP contribution in [0.25, 0.3) is 0 Å². The smallest absolute Gasteiger partial charge is 0.306 e. The van der Waals surface area contributed by atoms with Crippen molar-refractivity contribution in [3.63, 3.8) is 0 Å². The summed E-state index contributed by atoms with van der Waals surface area (Å²) in [6.07, 6.45) is 0. The zero-order chi connectivity index (χ0) is 13.3. The molecule has 2 saturated heterocycles. The Kier molecular flexibility index (Phi) is 3.79. The van der Waals surface area contributed by atoms with Gasteiger partial charge in [-0.15, -0.1) is 11.8 Å². The van der Waals surface area contributed by atoms with E-state index in [9.17, 15) is 14.4 Å². The molecule has 0 radical (unpaired) electrons. The van der Waals surface area contributed by atoms with Gasteiger partial charge in [-0.1, -0.05) is 6.92 Å². The van der Waals surface area contributed by atoms with Crippen molar-refractivity contribution in [2.24, 2.45) is 11.8 Å². The van der Waals surface area contributed by atoms with E-state index in [-0.39, 0.29) is 24.3 Å². The van der Waals surface area contributed by atoms with Crippen LogP contribution in [0.1, 0.15) is 6.92 Å². The third kappa shape index (κ3) is 2.60. The lowest BCUT2D eigenvalue weighted by Gasteiger charge is -2.41. The summed E-state index contributed by atoms with van der Waals surface area (Å²) < 4.78 is 0. The molecule has 0 bridgehead atoms. The van der Waals surface area contributed by atoms with Gasteiger partial charge in [-0.25, -0.2) is 0 Å². The summed E-state index contributed by atoms with van der Waals surface area (Å²) in [7, 11) is 0. The number of carbonyl (C=O) groups is 3. The molecule has 0 aromatic heterocycles. The number of aliphatic carboxylic acids is 1. The molecule has 18 heavy (non-hydrogen) atoms. The normalized spacial score (nSPS) is 21.9. The van der Waals surface area contributed by atoms with E-state index in [4.69, 9.17) is 5.11 Å². The Balaban J connectivity index is 1.76. The highest BCUT2D eigenvalue weighted by Crippen LogP contribution is 2.24. The molecule has 2 heterocycles. The van der Waals surface area contributed by atoms with Crippen LogP contribution < -0.4 is 0 Å². The summed E-state index contributed by atoms with van der Waals surface area (Å²) in [4.78, 5) is 37.1. The Labute approximate surface area is 109 Å². The summed E-state index contributed by atoms with van der Waals surface area (Å²) in [6.45, 7) is 2.76. The molecule has 100 valence electrons. The molecule has 7 heteroatoms. The number of amides is 2. The summed E-state index contributed by atoms with van der Waals surface area (Å²) in [5.41, 5.74) is 0. The second kappa shape index (κ2) is 5.17. The standard InChI is InChI=1S/C11H16N2O4S/c1-7(11(16)17)8-2-12(3-8)9(14)4-13-6-18-5-10(13)15/h7-8H,2-6H2,1H3,(H,16,17). The van der Waals surface area contributed by atoms with E-state index < -0.39 is 11.9 Å². The van der Waals surface area contributed by atoms with Crippen molar-refractivity contribution in [3.8, 4) is 0 Å². The number of carboxylic acids is 1. The van der Waals surface area contributed by atoms with Gasteiger partial charge in [0.15, 0.2) is 0 Å². The average Bonchev–Trinajstić information content (AvgIpc) is 2.62. The third-order valence-corrected chi connectivity index (χ3v) is 4.46. The zero-order valence-corrected chi connectivity index (χ0v) is 11.0. The minimum Gasteiger partial charge on any atom is -0.481 e. The number of thioether (sulfide) groups is 1. The first kappa shape index (κ1) is 13.2. The topological polar surface area (TPSA) is 77.9 Å². The van der Waals surface area contributed by atoms with Crippen LogP contribution in [-0.4, -0.2) is 64.0 Å². The first-order chi connectivity index (χ1) is 8.49. The van der Waals surface area contributed by atoms with Gasteiger partial charge in [0.2, 0.25) is 11.8 Å². The quantitative estimate of drug-likeness (QED) is 0.760. The lowest BCUT2D eigenvalue weighted by atomic mass is 9.87. The number of nitrogens with zero attached hydrogens (tertiary/aromatic N) is 2. The summed E-state index contributed by atoms with van der Waals surface area (Å²) in [5.74, 6) is -0.255. The second-order valence-electron chi connectivity index (χ2n) is 4.75. The van der Waals surface area contributed by atoms with E-state index in [0.717, 1.165) is 0 Å². The van der Waals surface area contributed by atoms with Crippen LogP contribution in [0.5, 0.6) is 0 Å². The fraction of sp³-hybridized carbons (Fsp3) is 0.727. The number of carboxylic acid groups (broad SMARTS) is 1. The van der Waals surface area contributed by atoms with Crippen molar-refractivity contribution in [2.45, 2.75) is 6.92 Å². The van der Waals surface area contributed by atoms with Gasteiger partial charge < -0.3 is 14.9 Å². The Hall–Kier alpha value is -1.24. The predicted octanol–water partition coefficient (Wildman–Crippen LogP) is -0.302. The summed E-state index contributed by atoms with van der Waals surface area (Å²) in [5, 5.41) is 8.85. The molecule has 0 aliphatic carbocycles. The van der Waals surface area contributed by atoms with Crippen LogP contribution >= 0.6 is 11.8 Å². The minimum absolute atomic E-state index is 0.00401. The highest BCUT2D eigenvalue weighted by molar-refractivity contribution is 8.00. The largest absolute Gasteiger partial charge is 0.481 e. The molecule has 6 nitrogen and oxygen atoms in total. The Morgan fingerprint density at radius 3 is 2.67 bits per heavy atom. The van der Waals surface area contributed by atoms with Crippen molar-refractivity contribution in [2.75, 3.05) is 31.3 Å². The van der Waals surface area contributed by atoms with Crippen LogP contribution in [0.2, 0.25) is 0 Å². The van der Waals surface area contributed by atoms with Gasteiger partial charge in [0.1, 0.15) is 6.54 Å². The van der Waals surface area contributed by atoms with Gasteiger partial charge in [-0.3, -0.25) is 14.4 Å². The summed E-state index contributed by atoms with van der Waals surface area (Å²) >= 11 is 1.51. The monoisotopic (exact) mass is 272 g/mol. The van der Waals surface area contributed by atoms with Crippen LogP contribution in [0, 0.1) is 11.8 Å². The highest BCUT2D eigenvalue weighted by Gasteiger charge is 2.38. The SMILES string of the molecule is CC(C(=O)O)C1CN(C(=O)CN2CSCC2=O)C1. The lowest BCUT2D eigenvalue weighted by Crippen LogP contribution is -2.55. The molecule has 2 aliphatic heterocycles. The van der Waals surface area contributed by atoms with Crippen molar-refractivity contribution in [3.05, 3.63) is 0 Å². The fourth-order valence-electron chi connectivity index (χ4n) is 2.04. The van der Waals surface area contributed by atoms with Crippen molar-refractivity contribution in [1.82, 2.24) is 9.80 Å². The number of hydrogen-bond donors (Lipinski definition) is 1. The fourth-order valence-corrected chi connectivity index (χ4v) is 2.94. The number of hydrogen-bond acceptors (Lipinski definition) is 4. The number of likely N-dealkylation sites (tertiary alicyclic amines) is 1. The van der Waals surface area contributed by atoms with Crippen molar-refractivity contribution >= 4 is 29.5 Å². The van der Waals surface area contributed by atoms with E-state index in [1.54, 1.807) is 16.7 Å². The van der Waals surface area contributed by atoms with Gasteiger partial charge in [0.05, 0.1) is 17.5 Å². The molecule has 1 N–H and O–H groups in total. The molecule has 2 fully saturated rings. The second-order valence-corrected chi connectivity index (χ2v) is 5.71. The van der Waals surface area contributed by atoms with Gasteiger partial charge in [-0.2, -0.15) is 0 Å². The van der Waals surface area contributed by atoms with Crippen LogP contribution in [-0.2, 0) is 14.4 Å². The maximum atomic E-state index is 11.8. The molecular weight excluding hydrogens is 256 g/mol. The van der Waals surface area contributed by atoms with E-state index in [0.29, 0.717) is 24.7 Å². The molecule has 2 aliphatic rings. The van der Waals surface area contributed by atoms with Gasteiger partial charge in [0.25, 0.3) is 0 Å². The third-order valence-electron chi connectivity index (χ3n) is 3.51. The van der Waals surface area contributed by atoms with Crippen LogP contribution in [0.15, 0.2) is 0 Å². The van der Waals surface area contributed by atoms with E-state index in [1.807, 2.05) is 0 Å². The first-order valence-electron chi connectivity index (χ1n) is 5.85. The van der Waals surface area contributed by atoms with Crippen molar-refractivity contribution in [1.29, 1.82) is 0 Å². The average molecular weight is 272 g/mol. The minimum atomic E-state index is -0.821. The Bertz CT molecular complexity index is 381. The molecule has 2 amide bonds. The molecule has 2 rings (SSSR count). The van der Waals surface area contributed by atoms with E-state index in [1.165, 1.54) is 11.8 Å². The first-order valence-corrected chi connectivity index (χ1v) is 7.00. The van der Waals surface area contributed by atoms with E-state index >= 15 is 0 Å². The number of rotatable bonds is 4. The van der Waals surface area contributed by atoms with Gasteiger partial charge in [-0.05, 0) is 0 Å². The molecular formula is C11H16N2O4S. The van der Waals surface area contributed by atoms with Gasteiger partial charge >= 0.3 is 5.97 Å². The maximum absolute atomic E-state index is 11.8. The van der Waals surface area contributed by atoms with Crippen molar-refractivity contribution < 1.29 is 19.5 Å². The molecule has 1 unspecified atom stereocenters. The Morgan fingerprint density at radius 1 is 1.50 bits per heavy atom. The zero-order valence-electron chi connectivity index (χ0n) is 10.2. The molecule has 0 aromatic rings. The summed E-state index contributed by atoms with van der Waals surface area (Å²) in [6, 6.07) is 0. The molecule has 0 spiro atoms.